The number of carbonyl (C=O) groups excluding carboxylic acids is 1. The molecule has 0 fully saturated rings. The van der Waals surface area contributed by atoms with Gasteiger partial charge < -0.3 is 10.1 Å². The molecule has 8 heteroatoms. The van der Waals surface area contributed by atoms with Gasteiger partial charge in [0, 0.05) is 5.02 Å². The molecule has 1 heterocycles. The van der Waals surface area contributed by atoms with Crippen LogP contribution in [0.5, 0.6) is 5.75 Å². The molecule has 3 aromatic rings. The number of hydrogen-bond donors (Lipinski definition) is 1. The van der Waals surface area contributed by atoms with E-state index in [0.717, 1.165) is 11.3 Å². The molecule has 2 aromatic carbocycles. The number of ether oxygens (including phenoxy) is 1. The highest BCUT2D eigenvalue weighted by atomic mass is 79.9. The molecule has 0 spiro atoms. The average Bonchev–Trinajstić information content (AvgIpc) is 3.16. The monoisotopic (exact) mass is 434 g/mol. The van der Waals surface area contributed by atoms with Gasteiger partial charge in [-0.15, -0.1) is 0 Å². The molecule has 6 nitrogen and oxygen atoms in total. The molecule has 0 aliphatic heterocycles. The Balaban J connectivity index is 1.55. The molecule has 0 saturated heterocycles. The Morgan fingerprint density at radius 1 is 1.31 bits per heavy atom. The molecular weight excluding hydrogens is 420 g/mol. The smallest absolute Gasteiger partial charge is 0.258 e. The van der Waals surface area contributed by atoms with Crippen molar-refractivity contribution in [1.82, 2.24) is 20.1 Å². The summed E-state index contributed by atoms with van der Waals surface area (Å²) in [5.74, 6) is 0.356. The van der Waals surface area contributed by atoms with E-state index in [1.807, 2.05) is 31.2 Å². The van der Waals surface area contributed by atoms with Crippen molar-refractivity contribution in [3.05, 3.63) is 70.2 Å². The molecule has 134 valence electrons. The highest BCUT2D eigenvalue weighted by Gasteiger charge is 2.11. The number of halogens is 2. The van der Waals surface area contributed by atoms with Crippen LogP contribution in [0.3, 0.4) is 0 Å². The summed E-state index contributed by atoms with van der Waals surface area (Å²) in [5, 5.41) is 7.59. The van der Waals surface area contributed by atoms with Crippen molar-refractivity contribution in [3.8, 4) is 11.4 Å². The van der Waals surface area contributed by atoms with Crippen LogP contribution in [-0.4, -0.2) is 27.3 Å². The van der Waals surface area contributed by atoms with Gasteiger partial charge >= 0.3 is 0 Å². The molecule has 1 atom stereocenters. The van der Waals surface area contributed by atoms with Crippen LogP contribution in [0.4, 0.5) is 0 Å². The molecule has 1 unspecified atom stereocenters. The van der Waals surface area contributed by atoms with Crippen LogP contribution in [0, 0.1) is 0 Å². The summed E-state index contributed by atoms with van der Waals surface area (Å²) < 4.78 is 7.90. The molecule has 0 saturated carbocycles. The van der Waals surface area contributed by atoms with Gasteiger partial charge in [-0.1, -0.05) is 23.7 Å². The molecule has 0 bridgehead atoms. The van der Waals surface area contributed by atoms with Gasteiger partial charge in [-0.25, -0.2) is 9.67 Å². The molecule has 3 rings (SSSR count). The largest absolute Gasteiger partial charge is 0.483 e. The van der Waals surface area contributed by atoms with Gasteiger partial charge in [0.05, 0.1) is 16.2 Å². The SMILES string of the molecule is CC(NC(=O)COc1ccc(Cl)cc1Br)c1ccc(-n2cncn2)cc1. The number of nitrogens with zero attached hydrogens (tertiary/aromatic N) is 3. The fourth-order valence-electron chi connectivity index (χ4n) is 2.36. The zero-order valence-corrected chi connectivity index (χ0v) is 16.2. The highest BCUT2D eigenvalue weighted by Crippen LogP contribution is 2.27. The van der Waals surface area contributed by atoms with Crippen molar-refractivity contribution in [2.75, 3.05) is 6.61 Å². The molecule has 1 N–H and O–H groups in total. The molecule has 26 heavy (non-hydrogen) atoms. The van der Waals surface area contributed by atoms with Crippen LogP contribution in [0.2, 0.25) is 5.02 Å². The minimum atomic E-state index is -0.209. The Labute approximate surface area is 164 Å². The summed E-state index contributed by atoms with van der Waals surface area (Å²) in [5.41, 5.74) is 1.88. The van der Waals surface area contributed by atoms with E-state index in [1.54, 1.807) is 29.2 Å². The van der Waals surface area contributed by atoms with E-state index in [9.17, 15) is 4.79 Å². The number of rotatable bonds is 6. The Morgan fingerprint density at radius 3 is 2.73 bits per heavy atom. The first-order valence-corrected chi connectivity index (χ1v) is 9.02. The maximum Gasteiger partial charge on any atom is 0.258 e. The Hall–Kier alpha value is -2.38. The van der Waals surface area contributed by atoms with E-state index in [0.29, 0.717) is 15.2 Å². The number of carbonyl (C=O) groups is 1. The van der Waals surface area contributed by atoms with Crippen molar-refractivity contribution in [2.45, 2.75) is 13.0 Å². The van der Waals surface area contributed by atoms with E-state index >= 15 is 0 Å². The summed E-state index contributed by atoms with van der Waals surface area (Å²) in [7, 11) is 0. The second-order valence-electron chi connectivity index (χ2n) is 5.58. The standard InChI is InChI=1S/C18H16BrClN4O2/c1-12(13-2-5-15(6-3-13)24-11-21-10-22-24)23-18(25)9-26-17-7-4-14(20)8-16(17)19/h2-8,10-12H,9H2,1H3,(H,23,25). The summed E-state index contributed by atoms with van der Waals surface area (Å²) in [4.78, 5) is 16.1. The lowest BCUT2D eigenvalue weighted by Gasteiger charge is -2.15. The van der Waals surface area contributed by atoms with Crippen LogP contribution in [0.15, 0.2) is 59.6 Å². The average molecular weight is 436 g/mol. The number of amides is 1. The lowest BCUT2D eigenvalue weighted by Crippen LogP contribution is -2.31. The normalized spacial score (nSPS) is 11.8. The fraction of sp³-hybridized carbons (Fsp3) is 0.167. The summed E-state index contributed by atoms with van der Waals surface area (Å²) >= 11 is 9.24. The van der Waals surface area contributed by atoms with E-state index in [2.05, 4.69) is 31.3 Å². The van der Waals surface area contributed by atoms with E-state index in [4.69, 9.17) is 16.3 Å². The van der Waals surface area contributed by atoms with Crippen LogP contribution in [0.1, 0.15) is 18.5 Å². The summed E-state index contributed by atoms with van der Waals surface area (Å²) in [6.07, 6.45) is 3.11. The second-order valence-corrected chi connectivity index (χ2v) is 6.87. The summed E-state index contributed by atoms with van der Waals surface area (Å²) in [6.45, 7) is 1.84. The van der Waals surface area contributed by atoms with Crippen molar-refractivity contribution < 1.29 is 9.53 Å². The Bertz CT molecular complexity index is 885. The lowest BCUT2D eigenvalue weighted by atomic mass is 10.1. The maximum atomic E-state index is 12.1. The second kappa shape index (κ2) is 8.33. The van der Waals surface area contributed by atoms with Gasteiger partial charge in [-0.3, -0.25) is 4.79 Å². The van der Waals surface area contributed by atoms with Crippen molar-refractivity contribution in [2.24, 2.45) is 0 Å². The van der Waals surface area contributed by atoms with Gasteiger partial charge in [0.2, 0.25) is 0 Å². The minimum Gasteiger partial charge on any atom is -0.483 e. The molecule has 0 radical (unpaired) electrons. The predicted molar refractivity (Wildman–Crippen MR) is 103 cm³/mol. The Kier molecular flexibility index (Phi) is 5.90. The van der Waals surface area contributed by atoms with Crippen LogP contribution in [-0.2, 0) is 4.79 Å². The first kappa shape index (κ1) is 18.4. The highest BCUT2D eigenvalue weighted by molar-refractivity contribution is 9.10. The third-order valence-electron chi connectivity index (χ3n) is 3.71. The van der Waals surface area contributed by atoms with Gasteiger partial charge in [-0.2, -0.15) is 5.10 Å². The molecule has 1 aromatic heterocycles. The zero-order chi connectivity index (χ0) is 18.5. The number of aromatic nitrogens is 3. The first-order chi connectivity index (χ1) is 12.5. The molecular formula is C18H16BrClN4O2. The van der Waals surface area contributed by atoms with Crippen LogP contribution in [0.25, 0.3) is 5.69 Å². The van der Waals surface area contributed by atoms with Gasteiger partial charge in [-0.05, 0) is 58.7 Å². The number of nitrogens with one attached hydrogen (secondary N) is 1. The molecule has 0 aliphatic carbocycles. The lowest BCUT2D eigenvalue weighted by molar-refractivity contribution is -0.123. The fourth-order valence-corrected chi connectivity index (χ4v) is 3.16. The number of benzene rings is 2. The Morgan fingerprint density at radius 2 is 2.08 bits per heavy atom. The van der Waals surface area contributed by atoms with Crippen molar-refractivity contribution >= 4 is 33.4 Å². The van der Waals surface area contributed by atoms with Crippen LogP contribution >= 0.6 is 27.5 Å². The van der Waals surface area contributed by atoms with E-state index in [-0.39, 0.29) is 18.6 Å². The van der Waals surface area contributed by atoms with Gasteiger partial charge in [0.15, 0.2) is 6.61 Å². The summed E-state index contributed by atoms with van der Waals surface area (Å²) in [6, 6.07) is 12.7. The van der Waals surface area contributed by atoms with Gasteiger partial charge in [0.1, 0.15) is 18.4 Å². The van der Waals surface area contributed by atoms with Crippen molar-refractivity contribution in [3.63, 3.8) is 0 Å². The molecule has 0 aliphatic rings. The predicted octanol–water partition coefficient (Wildman–Crippen LogP) is 3.94. The van der Waals surface area contributed by atoms with E-state index < -0.39 is 0 Å². The third-order valence-corrected chi connectivity index (χ3v) is 4.56. The van der Waals surface area contributed by atoms with Crippen LogP contribution < -0.4 is 10.1 Å². The van der Waals surface area contributed by atoms with E-state index in [1.165, 1.54) is 6.33 Å². The third kappa shape index (κ3) is 4.62. The minimum absolute atomic E-state index is 0.0817. The maximum absolute atomic E-state index is 12.1. The topological polar surface area (TPSA) is 69.0 Å². The van der Waals surface area contributed by atoms with Gasteiger partial charge in [0.25, 0.3) is 5.91 Å². The number of hydrogen-bond acceptors (Lipinski definition) is 4. The zero-order valence-electron chi connectivity index (χ0n) is 13.9. The quantitative estimate of drug-likeness (QED) is 0.637. The van der Waals surface area contributed by atoms with Crippen molar-refractivity contribution in [1.29, 1.82) is 0 Å². The molecule has 1 amide bonds. The first-order valence-electron chi connectivity index (χ1n) is 7.85.